The molecule has 2 aromatic carbocycles. The molecule has 3 aliphatic heterocycles. The maximum atomic E-state index is 13.3. The molecule has 0 saturated carbocycles. The molecule has 3 aliphatic rings. The summed E-state index contributed by atoms with van der Waals surface area (Å²) in [5.74, 6) is 2.03. The normalized spacial score (nSPS) is 17.6. The van der Waals surface area contributed by atoms with Gasteiger partial charge >= 0.3 is 0 Å². The van der Waals surface area contributed by atoms with Gasteiger partial charge in [-0.3, -0.25) is 19.6 Å². The first kappa shape index (κ1) is 35.1. The minimum absolute atomic E-state index is 0.0574. The molecular formula is C37H47N4O6P. The van der Waals surface area contributed by atoms with Crippen molar-refractivity contribution >= 4 is 44.0 Å². The monoisotopic (exact) mass is 674 g/mol. The van der Waals surface area contributed by atoms with Gasteiger partial charge in [0.15, 0.2) is 23.0 Å². The Bertz CT molecular complexity index is 1590. The topological polar surface area (TPSA) is 102 Å². The van der Waals surface area contributed by atoms with E-state index in [1.54, 1.807) is 37.3 Å². The number of ether oxygens (including phenoxy) is 4. The molecule has 2 saturated heterocycles. The van der Waals surface area contributed by atoms with Crippen LogP contribution in [0.2, 0.25) is 0 Å². The second kappa shape index (κ2) is 16.3. The first-order valence-corrected chi connectivity index (χ1v) is 18.5. The van der Waals surface area contributed by atoms with E-state index < -0.39 is 0 Å². The lowest BCUT2D eigenvalue weighted by atomic mass is 10.1. The van der Waals surface area contributed by atoms with Gasteiger partial charge in [-0.05, 0) is 63.0 Å². The number of methoxy groups -OCH3 is 2. The Hall–Kier alpha value is -4.17. The Morgan fingerprint density at radius 1 is 0.958 bits per heavy atom. The van der Waals surface area contributed by atoms with Crippen LogP contribution >= 0.6 is 7.92 Å². The number of aliphatic imine (C=N–C) groups is 2. The van der Waals surface area contributed by atoms with Gasteiger partial charge in [-0.25, -0.2) is 0 Å². The summed E-state index contributed by atoms with van der Waals surface area (Å²) in [5.41, 5.74) is 4.15. The zero-order chi connectivity index (χ0) is 34.2. The number of likely N-dealkylation sites (tertiary alicyclic amines) is 1. The number of carbonyl (C=O) groups is 2. The van der Waals surface area contributed by atoms with Gasteiger partial charge in [0.1, 0.15) is 0 Å². The fourth-order valence-electron chi connectivity index (χ4n) is 6.39. The summed E-state index contributed by atoms with van der Waals surface area (Å²) in [6, 6.07) is 6.96. The van der Waals surface area contributed by atoms with Gasteiger partial charge in [0, 0.05) is 38.0 Å². The quantitative estimate of drug-likeness (QED) is 0.0819. The van der Waals surface area contributed by atoms with Crippen molar-refractivity contribution in [1.82, 2.24) is 9.80 Å². The van der Waals surface area contributed by atoms with Crippen LogP contribution in [0.1, 0.15) is 59.7 Å². The SMILES string of the molecule is C=Nc1cc(OCCCP(CCC)CCCOc2cc3c(cc2OC)C(=O)N2CC(=C)C[C@H]2C=N3)c(OC)cc1C(=O)N1CCC(=C)C1. The predicted molar refractivity (Wildman–Crippen MR) is 194 cm³/mol. The van der Waals surface area contributed by atoms with Gasteiger partial charge in [-0.15, -0.1) is 7.92 Å². The molecule has 10 nitrogen and oxygen atoms in total. The van der Waals surface area contributed by atoms with Gasteiger partial charge in [0.05, 0.1) is 56.0 Å². The third-order valence-corrected chi connectivity index (χ3v) is 11.8. The number of carbonyl (C=O) groups excluding carboxylic acids is 2. The van der Waals surface area contributed by atoms with E-state index in [-0.39, 0.29) is 25.8 Å². The molecule has 2 atom stereocenters. The lowest BCUT2D eigenvalue weighted by molar-refractivity contribution is 0.0775. The molecule has 0 aromatic heterocycles. The van der Waals surface area contributed by atoms with Crippen LogP contribution in [-0.4, -0.2) is 106 Å². The average molecular weight is 675 g/mol. The number of nitrogens with zero attached hydrogens (tertiary/aromatic N) is 4. The maximum Gasteiger partial charge on any atom is 0.257 e. The summed E-state index contributed by atoms with van der Waals surface area (Å²) in [6.07, 6.45) is 9.69. The van der Waals surface area contributed by atoms with E-state index in [1.807, 2.05) is 17.2 Å². The molecule has 0 aliphatic carbocycles. The summed E-state index contributed by atoms with van der Waals surface area (Å²) in [7, 11) is 2.97. The Balaban J connectivity index is 1.12. The van der Waals surface area contributed by atoms with Crippen LogP contribution < -0.4 is 18.9 Å². The molecule has 0 N–H and O–H groups in total. The smallest absolute Gasteiger partial charge is 0.257 e. The summed E-state index contributed by atoms with van der Waals surface area (Å²) in [5, 5.41) is 0. The molecule has 2 fully saturated rings. The summed E-state index contributed by atoms with van der Waals surface area (Å²) >= 11 is 0. The predicted octanol–water partition coefficient (Wildman–Crippen LogP) is 7.05. The van der Waals surface area contributed by atoms with Gasteiger partial charge in [0.25, 0.3) is 11.8 Å². The number of benzene rings is 2. The Labute approximate surface area is 285 Å². The Morgan fingerprint density at radius 2 is 1.65 bits per heavy atom. The Morgan fingerprint density at radius 3 is 2.27 bits per heavy atom. The van der Waals surface area contributed by atoms with E-state index >= 15 is 0 Å². The van der Waals surface area contributed by atoms with E-state index in [0.29, 0.717) is 78.3 Å². The van der Waals surface area contributed by atoms with Crippen molar-refractivity contribution in [2.24, 2.45) is 9.98 Å². The van der Waals surface area contributed by atoms with Gasteiger partial charge in [0.2, 0.25) is 0 Å². The summed E-state index contributed by atoms with van der Waals surface area (Å²) < 4.78 is 23.6. The molecule has 2 amide bonds. The Kier molecular flexibility index (Phi) is 11.9. The molecule has 0 radical (unpaired) electrons. The number of amides is 2. The van der Waals surface area contributed by atoms with Gasteiger partial charge in [-0.2, -0.15) is 0 Å². The van der Waals surface area contributed by atoms with E-state index in [9.17, 15) is 9.59 Å². The van der Waals surface area contributed by atoms with Crippen molar-refractivity contribution < 1.29 is 28.5 Å². The first-order valence-electron chi connectivity index (χ1n) is 16.6. The molecule has 3 heterocycles. The lowest BCUT2D eigenvalue weighted by Gasteiger charge is -2.20. The van der Waals surface area contributed by atoms with Crippen LogP contribution in [0.3, 0.4) is 0 Å². The molecule has 0 spiro atoms. The number of rotatable bonds is 16. The van der Waals surface area contributed by atoms with Crippen molar-refractivity contribution in [3.05, 3.63) is 59.7 Å². The van der Waals surface area contributed by atoms with Crippen molar-refractivity contribution in [3.63, 3.8) is 0 Å². The molecule has 256 valence electrons. The average Bonchev–Trinajstić information content (AvgIpc) is 3.68. The minimum Gasteiger partial charge on any atom is -0.493 e. The van der Waals surface area contributed by atoms with E-state index in [2.05, 4.69) is 36.8 Å². The molecular weight excluding hydrogens is 627 g/mol. The fourth-order valence-corrected chi connectivity index (χ4v) is 8.84. The standard InChI is InChI=1S/C37H47N4O6P/c1-7-14-48(15-8-12-46-34-20-30(38-4)28(18-32(34)44-5)36(42)40-11-10-25(2)23-40)16-9-13-47-35-21-31-29(19-33(35)45-6)37(43)41-24-26(3)17-27(41)22-39-31/h18-22,27H,2-4,7-17,23-24H2,1,5-6H3/t27-,48?/m0/s1. The highest BCUT2D eigenvalue weighted by Crippen LogP contribution is 2.41. The molecule has 48 heavy (non-hydrogen) atoms. The van der Waals surface area contributed by atoms with E-state index in [0.717, 1.165) is 55.6 Å². The third-order valence-electron chi connectivity index (χ3n) is 8.86. The maximum absolute atomic E-state index is 13.3. The highest BCUT2D eigenvalue weighted by Gasteiger charge is 2.34. The van der Waals surface area contributed by atoms with Gasteiger partial charge < -0.3 is 28.7 Å². The summed E-state index contributed by atoms with van der Waals surface area (Å²) in [4.78, 5) is 38.8. The molecule has 1 unspecified atom stereocenters. The van der Waals surface area contributed by atoms with Crippen LogP contribution in [0.15, 0.2) is 58.6 Å². The van der Waals surface area contributed by atoms with Crippen molar-refractivity contribution in [1.29, 1.82) is 0 Å². The van der Waals surface area contributed by atoms with Crippen LogP contribution in [-0.2, 0) is 0 Å². The number of fused-ring (bicyclic) bond motifs is 2. The highest BCUT2D eigenvalue weighted by molar-refractivity contribution is 7.57. The van der Waals surface area contributed by atoms with Gasteiger partial charge in [-0.1, -0.05) is 37.6 Å². The molecule has 2 aromatic rings. The second-order valence-electron chi connectivity index (χ2n) is 12.4. The minimum atomic E-state index is -0.193. The van der Waals surface area contributed by atoms with Crippen molar-refractivity contribution in [2.45, 2.75) is 45.1 Å². The summed E-state index contributed by atoms with van der Waals surface area (Å²) in [6.45, 7) is 16.8. The highest BCUT2D eigenvalue weighted by atomic mass is 31.1. The number of hydrogen-bond donors (Lipinski definition) is 0. The zero-order valence-electron chi connectivity index (χ0n) is 28.5. The van der Waals surface area contributed by atoms with E-state index in [4.69, 9.17) is 18.9 Å². The van der Waals surface area contributed by atoms with Crippen LogP contribution in [0.5, 0.6) is 23.0 Å². The van der Waals surface area contributed by atoms with Crippen molar-refractivity contribution in [3.8, 4) is 23.0 Å². The third kappa shape index (κ3) is 8.09. The first-order chi connectivity index (χ1) is 23.3. The largest absolute Gasteiger partial charge is 0.493 e. The van der Waals surface area contributed by atoms with Crippen LogP contribution in [0, 0.1) is 0 Å². The molecule has 11 heteroatoms. The van der Waals surface area contributed by atoms with Crippen LogP contribution in [0.4, 0.5) is 11.4 Å². The van der Waals surface area contributed by atoms with E-state index in [1.165, 1.54) is 6.16 Å². The lowest BCUT2D eigenvalue weighted by Crippen LogP contribution is -2.35. The number of hydrogen-bond acceptors (Lipinski definition) is 8. The second-order valence-corrected chi connectivity index (χ2v) is 15.1. The van der Waals surface area contributed by atoms with Crippen LogP contribution in [0.25, 0.3) is 0 Å². The van der Waals surface area contributed by atoms with Crippen molar-refractivity contribution in [2.75, 3.05) is 65.6 Å². The zero-order valence-corrected chi connectivity index (χ0v) is 29.4. The molecule has 0 bridgehead atoms. The molecule has 5 rings (SSSR count). The fraction of sp³-hybridized carbons (Fsp3) is 0.459.